The van der Waals surface area contributed by atoms with Crippen LogP contribution < -0.4 is 10.9 Å². The zero-order chi connectivity index (χ0) is 21.0. The van der Waals surface area contributed by atoms with Crippen LogP contribution in [0.2, 0.25) is 0 Å². The first-order valence-electron chi connectivity index (χ1n) is 9.36. The molecule has 1 aliphatic carbocycles. The molecule has 29 heavy (non-hydrogen) atoms. The highest BCUT2D eigenvalue weighted by Gasteiger charge is 2.32. The molecule has 0 bridgehead atoms. The van der Waals surface area contributed by atoms with E-state index in [2.05, 4.69) is 26.3 Å². The van der Waals surface area contributed by atoms with Gasteiger partial charge < -0.3 is 15.2 Å². The van der Waals surface area contributed by atoms with Crippen molar-refractivity contribution >= 4 is 27.8 Å². The van der Waals surface area contributed by atoms with Crippen molar-refractivity contribution in [3.05, 3.63) is 50.9 Å². The Balaban J connectivity index is 1.78. The van der Waals surface area contributed by atoms with Crippen molar-refractivity contribution in [2.45, 2.75) is 25.7 Å². The van der Waals surface area contributed by atoms with Crippen LogP contribution in [0, 0.1) is 11.8 Å². The molecule has 2 unspecified atom stereocenters. The fourth-order valence-corrected chi connectivity index (χ4v) is 3.86. The van der Waals surface area contributed by atoms with E-state index in [0.29, 0.717) is 5.69 Å². The summed E-state index contributed by atoms with van der Waals surface area (Å²) in [6.45, 7) is 0.261. The molecule has 0 aliphatic heterocycles. The fourth-order valence-electron chi connectivity index (χ4n) is 3.60. The van der Waals surface area contributed by atoms with E-state index < -0.39 is 17.2 Å². The Morgan fingerprint density at radius 2 is 1.97 bits per heavy atom. The van der Waals surface area contributed by atoms with Crippen LogP contribution in [0.15, 0.2) is 39.6 Å². The van der Waals surface area contributed by atoms with Crippen LogP contribution in [-0.2, 0) is 9.53 Å². The number of carbonyl (C=O) groups is 2. The van der Waals surface area contributed by atoms with Crippen LogP contribution in [0.5, 0.6) is 5.75 Å². The lowest BCUT2D eigenvalue weighted by Gasteiger charge is -2.29. The smallest absolute Gasteiger partial charge is 0.309 e. The Hall–Kier alpha value is -2.68. The topological polar surface area (TPSA) is 111 Å². The Labute approximate surface area is 176 Å². The number of hydrogen-bond donors (Lipinski definition) is 2. The first kappa shape index (κ1) is 21.0. The molecule has 1 aromatic carbocycles. The predicted octanol–water partition coefficient (Wildman–Crippen LogP) is 2.41. The minimum atomic E-state index is -0.609. The number of methoxy groups -OCH3 is 1. The normalized spacial score (nSPS) is 18.8. The quantitative estimate of drug-likeness (QED) is 0.658. The number of ether oxygens (including phenoxy) is 1. The standard InChI is InChI=1S/C20H22BrN3O5/c1-29-20(28)15-5-3-2-4-12(15)11-22-19(27)18-16(25)10-17(26)24(23-18)14-8-6-13(21)7-9-14/h6-10,12,15,25H,2-5,11H2,1H3,(H,22,27). The van der Waals surface area contributed by atoms with Gasteiger partial charge in [0.2, 0.25) is 0 Å². The van der Waals surface area contributed by atoms with E-state index in [1.54, 1.807) is 24.3 Å². The number of halogens is 1. The lowest BCUT2D eigenvalue weighted by molar-refractivity contribution is -0.148. The number of hydrogen-bond acceptors (Lipinski definition) is 6. The van der Waals surface area contributed by atoms with Gasteiger partial charge in [0.05, 0.1) is 18.7 Å². The van der Waals surface area contributed by atoms with Crippen LogP contribution in [0.4, 0.5) is 0 Å². The number of benzene rings is 1. The van der Waals surface area contributed by atoms with E-state index in [0.717, 1.165) is 40.9 Å². The first-order chi connectivity index (χ1) is 13.9. The highest BCUT2D eigenvalue weighted by molar-refractivity contribution is 9.10. The van der Waals surface area contributed by atoms with Crippen LogP contribution in [-0.4, -0.2) is 40.4 Å². The predicted molar refractivity (Wildman–Crippen MR) is 109 cm³/mol. The summed E-state index contributed by atoms with van der Waals surface area (Å²) in [6.07, 6.45) is 3.46. The largest absolute Gasteiger partial charge is 0.505 e. The van der Waals surface area contributed by atoms with Crippen LogP contribution >= 0.6 is 15.9 Å². The summed E-state index contributed by atoms with van der Waals surface area (Å²) < 4.78 is 6.76. The summed E-state index contributed by atoms with van der Waals surface area (Å²) in [4.78, 5) is 36.8. The minimum absolute atomic E-state index is 0.0420. The molecular formula is C20H22BrN3O5. The lowest BCUT2D eigenvalue weighted by Crippen LogP contribution is -2.38. The zero-order valence-electron chi connectivity index (χ0n) is 15.9. The number of aromatic hydroxyl groups is 1. The number of esters is 1. The van der Waals surface area contributed by atoms with Gasteiger partial charge in [-0.05, 0) is 43.0 Å². The average Bonchev–Trinajstić information content (AvgIpc) is 2.72. The van der Waals surface area contributed by atoms with Gasteiger partial charge in [0.1, 0.15) is 0 Å². The highest BCUT2D eigenvalue weighted by atomic mass is 79.9. The van der Waals surface area contributed by atoms with Crippen molar-refractivity contribution in [3.63, 3.8) is 0 Å². The van der Waals surface area contributed by atoms with Gasteiger partial charge >= 0.3 is 5.97 Å². The molecule has 2 aromatic rings. The third kappa shape index (κ3) is 4.84. The molecule has 1 heterocycles. The van der Waals surface area contributed by atoms with Crippen molar-refractivity contribution in [1.29, 1.82) is 0 Å². The summed E-state index contributed by atoms with van der Waals surface area (Å²) >= 11 is 3.32. The molecule has 0 spiro atoms. The number of carbonyl (C=O) groups excluding carboxylic acids is 2. The van der Waals surface area contributed by atoms with Gasteiger partial charge in [0, 0.05) is 17.1 Å². The monoisotopic (exact) mass is 463 g/mol. The second kappa shape index (κ2) is 9.21. The molecule has 3 rings (SSSR count). The number of rotatable bonds is 5. The Kier molecular flexibility index (Phi) is 6.68. The molecule has 9 heteroatoms. The van der Waals surface area contributed by atoms with Gasteiger partial charge in [-0.2, -0.15) is 9.78 Å². The number of nitrogens with zero attached hydrogens (tertiary/aromatic N) is 2. The van der Waals surface area contributed by atoms with Gasteiger partial charge in [0.25, 0.3) is 11.5 Å². The summed E-state index contributed by atoms with van der Waals surface area (Å²) in [7, 11) is 1.36. The maximum absolute atomic E-state index is 12.6. The fraction of sp³-hybridized carbons (Fsp3) is 0.400. The Bertz CT molecular complexity index is 958. The zero-order valence-corrected chi connectivity index (χ0v) is 17.5. The van der Waals surface area contributed by atoms with Gasteiger partial charge in [-0.15, -0.1) is 0 Å². The van der Waals surface area contributed by atoms with Crippen molar-refractivity contribution in [3.8, 4) is 11.4 Å². The van der Waals surface area contributed by atoms with E-state index in [-0.39, 0.29) is 30.0 Å². The highest BCUT2D eigenvalue weighted by Crippen LogP contribution is 2.30. The van der Waals surface area contributed by atoms with E-state index in [4.69, 9.17) is 4.74 Å². The van der Waals surface area contributed by atoms with Gasteiger partial charge in [-0.1, -0.05) is 28.8 Å². The second-order valence-corrected chi connectivity index (χ2v) is 7.90. The maximum atomic E-state index is 12.6. The van der Waals surface area contributed by atoms with E-state index in [1.807, 2.05) is 0 Å². The molecule has 154 valence electrons. The van der Waals surface area contributed by atoms with E-state index >= 15 is 0 Å². The van der Waals surface area contributed by atoms with Crippen molar-refractivity contribution < 1.29 is 19.4 Å². The van der Waals surface area contributed by atoms with Crippen molar-refractivity contribution in [1.82, 2.24) is 15.1 Å². The van der Waals surface area contributed by atoms with Crippen LogP contribution in [0.1, 0.15) is 36.2 Å². The summed E-state index contributed by atoms with van der Waals surface area (Å²) in [6, 6.07) is 7.78. The molecule has 1 aromatic heterocycles. The molecule has 1 fully saturated rings. The number of aromatic nitrogens is 2. The van der Waals surface area contributed by atoms with E-state index in [1.165, 1.54) is 7.11 Å². The molecule has 2 atom stereocenters. The molecule has 2 N–H and O–H groups in total. The summed E-state index contributed by atoms with van der Waals surface area (Å²) in [5.74, 6) is -1.67. The SMILES string of the molecule is COC(=O)C1CCCCC1CNC(=O)c1nn(-c2ccc(Br)cc2)c(=O)cc1O. The first-order valence-corrected chi connectivity index (χ1v) is 10.2. The van der Waals surface area contributed by atoms with Gasteiger partial charge in [0.15, 0.2) is 11.4 Å². The molecule has 8 nitrogen and oxygen atoms in total. The third-order valence-corrected chi connectivity index (χ3v) is 5.66. The van der Waals surface area contributed by atoms with Crippen molar-refractivity contribution in [2.75, 3.05) is 13.7 Å². The molecule has 1 saturated carbocycles. The average molecular weight is 464 g/mol. The number of nitrogens with one attached hydrogen (secondary N) is 1. The summed E-state index contributed by atoms with van der Waals surface area (Å²) in [5.41, 5.74) is -0.345. The molecule has 1 aliphatic rings. The van der Waals surface area contributed by atoms with Gasteiger partial charge in [-0.3, -0.25) is 14.4 Å². The third-order valence-electron chi connectivity index (χ3n) is 5.14. The minimum Gasteiger partial charge on any atom is -0.505 e. The van der Waals surface area contributed by atoms with Crippen LogP contribution in [0.3, 0.4) is 0 Å². The van der Waals surface area contributed by atoms with Crippen LogP contribution in [0.25, 0.3) is 5.69 Å². The number of amides is 1. The molecule has 1 amide bonds. The molecule has 0 radical (unpaired) electrons. The second-order valence-electron chi connectivity index (χ2n) is 6.99. The molecular weight excluding hydrogens is 442 g/mol. The lowest BCUT2D eigenvalue weighted by atomic mass is 9.79. The van der Waals surface area contributed by atoms with E-state index in [9.17, 15) is 19.5 Å². The maximum Gasteiger partial charge on any atom is 0.309 e. The summed E-state index contributed by atoms with van der Waals surface area (Å²) in [5, 5.41) is 16.8. The molecule has 0 saturated heterocycles. The Morgan fingerprint density at radius 1 is 1.28 bits per heavy atom. The van der Waals surface area contributed by atoms with Crippen molar-refractivity contribution in [2.24, 2.45) is 11.8 Å². The van der Waals surface area contributed by atoms with Gasteiger partial charge in [-0.25, -0.2) is 0 Å². The Morgan fingerprint density at radius 3 is 2.66 bits per heavy atom.